The molecule has 2 aromatic carbocycles. The molecule has 32 heavy (non-hydrogen) atoms. The first-order valence-electron chi connectivity index (χ1n) is 9.00. The Hall–Kier alpha value is -3.76. The molecule has 0 saturated carbocycles. The smallest absolute Gasteiger partial charge is 0.385 e. The number of primary amides is 1. The van der Waals surface area contributed by atoms with E-state index in [4.69, 9.17) is 49.0 Å². The number of amidine groups is 1. The van der Waals surface area contributed by atoms with Crippen molar-refractivity contribution in [1.29, 1.82) is 0 Å². The Morgan fingerprint density at radius 2 is 1.78 bits per heavy atom. The molecule has 0 atom stereocenters. The largest absolute Gasteiger partial charge is 0.484 e. The van der Waals surface area contributed by atoms with Gasteiger partial charge in [0.25, 0.3) is 5.91 Å². The third kappa shape index (κ3) is 6.13. The van der Waals surface area contributed by atoms with Gasteiger partial charge in [-0.15, -0.1) is 0 Å². The van der Waals surface area contributed by atoms with Crippen LogP contribution in [0, 0.1) is 0 Å². The Labute approximate surface area is 192 Å². The minimum Gasteiger partial charge on any atom is -0.484 e. The number of amides is 1. The van der Waals surface area contributed by atoms with Crippen LogP contribution in [0.5, 0.6) is 11.5 Å². The van der Waals surface area contributed by atoms with Crippen LogP contribution in [0.1, 0.15) is 16.1 Å². The summed E-state index contributed by atoms with van der Waals surface area (Å²) in [6, 6.07) is 12.7. The highest BCUT2D eigenvalue weighted by atomic mass is 35.5. The highest BCUT2D eigenvalue weighted by Crippen LogP contribution is 2.31. The van der Waals surface area contributed by atoms with Crippen LogP contribution in [-0.2, 0) is 16.4 Å². The van der Waals surface area contributed by atoms with E-state index in [1.807, 2.05) is 0 Å². The van der Waals surface area contributed by atoms with E-state index >= 15 is 0 Å². The molecule has 166 valence electrons. The summed E-state index contributed by atoms with van der Waals surface area (Å²) >= 11 is 12.0. The first-order chi connectivity index (χ1) is 15.3. The van der Waals surface area contributed by atoms with Crippen molar-refractivity contribution in [3.8, 4) is 11.5 Å². The van der Waals surface area contributed by atoms with E-state index < -0.39 is 11.9 Å². The average Bonchev–Trinajstić information content (AvgIpc) is 3.26. The van der Waals surface area contributed by atoms with Crippen LogP contribution >= 0.6 is 23.2 Å². The van der Waals surface area contributed by atoms with Crippen molar-refractivity contribution in [3.63, 3.8) is 0 Å². The fourth-order valence-corrected chi connectivity index (χ4v) is 2.69. The van der Waals surface area contributed by atoms with Crippen molar-refractivity contribution in [2.24, 2.45) is 16.6 Å². The van der Waals surface area contributed by atoms with Crippen molar-refractivity contribution in [2.75, 3.05) is 6.61 Å². The molecular formula is C20H17Cl2N5O5. The van der Waals surface area contributed by atoms with Gasteiger partial charge in [0.05, 0.1) is 5.02 Å². The number of hydrogen-bond donors (Lipinski definition) is 2. The number of oxime groups is 1. The SMILES string of the molecule is NC(=O)COc1ccc(/C(N)=N/OC(=O)c2ccn(COc3cccc(Cl)c3Cl)n2)cc1. The fraction of sp³-hybridized carbons (Fsp3) is 0.100. The van der Waals surface area contributed by atoms with Crippen LogP contribution < -0.4 is 20.9 Å². The number of hydrogen-bond acceptors (Lipinski definition) is 7. The predicted molar refractivity (Wildman–Crippen MR) is 117 cm³/mol. The Kier molecular flexibility index (Phi) is 7.53. The molecule has 0 fully saturated rings. The molecule has 0 radical (unpaired) electrons. The predicted octanol–water partition coefficient (Wildman–Crippen LogP) is 2.57. The summed E-state index contributed by atoms with van der Waals surface area (Å²) in [7, 11) is 0. The van der Waals surface area contributed by atoms with Crippen molar-refractivity contribution >= 4 is 40.9 Å². The molecule has 10 nitrogen and oxygen atoms in total. The topological polar surface area (TPSA) is 144 Å². The molecule has 1 heterocycles. The molecule has 0 bridgehead atoms. The molecule has 0 spiro atoms. The van der Waals surface area contributed by atoms with E-state index in [0.717, 1.165) is 0 Å². The standard InChI is InChI=1S/C20H17Cl2N5O5/c21-14-2-1-3-16(18(14)22)31-11-27-9-8-15(25-27)20(29)32-26-19(24)12-4-6-13(7-5-12)30-10-17(23)28/h1-9H,10-11H2,(H2,23,28)(H2,24,26). The summed E-state index contributed by atoms with van der Waals surface area (Å²) < 4.78 is 12.1. The molecule has 4 N–H and O–H groups in total. The molecule has 0 aliphatic heterocycles. The van der Waals surface area contributed by atoms with E-state index in [-0.39, 0.29) is 29.9 Å². The highest BCUT2D eigenvalue weighted by Gasteiger charge is 2.13. The zero-order chi connectivity index (χ0) is 23.1. The number of aromatic nitrogens is 2. The summed E-state index contributed by atoms with van der Waals surface area (Å²) in [5, 5.41) is 8.30. The molecule has 0 aliphatic rings. The van der Waals surface area contributed by atoms with Crippen LogP contribution in [0.3, 0.4) is 0 Å². The number of ether oxygens (including phenoxy) is 2. The van der Waals surface area contributed by atoms with Gasteiger partial charge in [-0.25, -0.2) is 9.48 Å². The second-order valence-electron chi connectivity index (χ2n) is 6.20. The average molecular weight is 478 g/mol. The fourth-order valence-electron chi connectivity index (χ4n) is 2.34. The van der Waals surface area contributed by atoms with Crippen molar-refractivity contribution < 1.29 is 23.9 Å². The molecule has 0 saturated heterocycles. The van der Waals surface area contributed by atoms with Crippen molar-refractivity contribution in [1.82, 2.24) is 9.78 Å². The molecule has 0 aliphatic carbocycles. The zero-order valence-electron chi connectivity index (χ0n) is 16.4. The van der Waals surface area contributed by atoms with Crippen LogP contribution in [0.4, 0.5) is 0 Å². The lowest BCUT2D eigenvalue weighted by Gasteiger charge is -2.08. The maximum absolute atomic E-state index is 12.2. The lowest BCUT2D eigenvalue weighted by Crippen LogP contribution is -2.20. The third-order valence-electron chi connectivity index (χ3n) is 3.88. The number of nitrogens with zero attached hydrogens (tertiary/aromatic N) is 3. The van der Waals surface area contributed by atoms with Crippen molar-refractivity contribution in [2.45, 2.75) is 6.73 Å². The van der Waals surface area contributed by atoms with Gasteiger partial charge < -0.3 is 25.8 Å². The van der Waals surface area contributed by atoms with Gasteiger partial charge in [0.1, 0.15) is 16.5 Å². The summed E-state index contributed by atoms with van der Waals surface area (Å²) in [5.74, 6) is -0.650. The Balaban J connectivity index is 1.55. The number of nitrogens with two attached hydrogens (primary N) is 2. The normalized spacial score (nSPS) is 11.1. The van der Waals surface area contributed by atoms with E-state index in [0.29, 0.717) is 22.1 Å². The molecule has 1 amide bonds. The number of benzene rings is 2. The van der Waals surface area contributed by atoms with Gasteiger partial charge in [-0.3, -0.25) is 4.79 Å². The van der Waals surface area contributed by atoms with Gasteiger partial charge >= 0.3 is 5.97 Å². The second kappa shape index (κ2) is 10.5. The highest BCUT2D eigenvalue weighted by molar-refractivity contribution is 6.42. The van der Waals surface area contributed by atoms with Gasteiger partial charge in [-0.05, 0) is 42.5 Å². The number of carbonyl (C=O) groups is 2. The minimum atomic E-state index is -0.811. The summed E-state index contributed by atoms with van der Waals surface area (Å²) in [6.07, 6.45) is 1.52. The maximum atomic E-state index is 12.2. The third-order valence-corrected chi connectivity index (χ3v) is 4.68. The van der Waals surface area contributed by atoms with Gasteiger partial charge in [0, 0.05) is 11.8 Å². The van der Waals surface area contributed by atoms with Crippen LogP contribution in [-0.4, -0.2) is 34.1 Å². The molecule has 1 aromatic heterocycles. The number of rotatable bonds is 9. The zero-order valence-corrected chi connectivity index (χ0v) is 17.9. The summed E-state index contributed by atoms with van der Waals surface area (Å²) in [5.41, 5.74) is 11.3. The Morgan fingerprint density at radius 1 is 1.03 bits per heavy atom. The van der Waals surface area contributed by atoms with Gasteiger partial charge in [0.15, 0.2) is 24.9 Å². The van der Waals surface area contributed by atoms with Gasteiger partial charge in [-0.2, -0.15) is 5.10 Å². The van der Waals surface area contributed by atoms with Crippen LogP contribution in [0.15, 0.2) is 59.9 Å². The quantitative estimate of drug-likeness (QED) is 0.208. The Bertz CT molecular complexity index is 1150. The van der Waals surface area contributed by atoms with E-state index in [1.165, 1.54) is 16.9 Å². The van der Waals surface area contributed by atoms with Gasteiger partial charge in [0.2, 0.25) is 0 Å². The monoisotopic (exact) mass is 477 g/mol. The first kappa shape index (κ1) is 22.9. The number of carbonyl (C=O) groups excluding carboxylic acids is 2. The lowest BCUT2D eigenvalue weighted by atomic mass is 10.2. The molecule has 12 heteroatoms. The molecule has 3 aromatic rings. The second-order valence-corrected chi connectivity index (χ2v) is 6.99. The first-order valence-corrected chi connectivity index (χ1v) is 9.75. The van der Waals surface area contributed by atoms with E-state index in [2.05, 4.69) is 10.3 Å². The molecule has 0 unspecified atom stereocenters. The molecule has 3 rings (SSSR count). The van der Waals surface area contributed by atoms with E-state index in [1.54, 1.807) is 42.5 Å². The summed E-state index contributed by atoms with van der Waals surface area (Å²) in [6.45, 7) is -0.257. The van der Waals surface area contributed by atoms with Crippen molar-refractivity contribution in [3.05, 3.63) is 76.0 Å². The van der Waals surface area contributed by atoms with Crippen LogP contribution in [0.25, 0.3) is 0 Å². The van der Waals surface area contributed by atoms with E-state index in [9.17, 15) is 9.59 Å². The van der Waals surface area contributed by atoms with Gasteiger partial charge in [-0.1, -0.05) is 34.4 Å². The minimum absolute atomic E-state index is 0.00228. The maximum Gasteiger partial charge on any atom is 0.385 e. The summed E-state index contributed by atoms with van der Waals surface area (Å²) in [4.78, 5) is 27.7. The Morgan fingerprint density at radius 3 is 2.50 bits per heavy atom. The lowest BCUT2D eigenvalue weighted by molar-refractivity contribution is -0.119. The number of halogens is 2. The molecular weight excluding hydrogens is 461 g/mol. The van der Waals surface area contributed by atoms with Crippen LogP contribution in [0.2, 0.25) is 10.0 Å².